The molecule has 1 atom stereocenters. The lowest BCUT2D eigenvalue weighted by atomic mass is 9.90. The number of hydrogen-bond acceptors (Lipinski definition) is 5. The lowest BCUT2D eigenvalue weighted by Gasteiger charge is -2.19. The topological polar surface area (TPSA) is 96.5 Å². The van der Waals surface area contributed by atoms with Gasteiger partial charge in [0.1, 0.15) is 0 Å². The molecule has 1 aromatic heterocycles. The molecule has 0 spiro atoms. The standard InChI is InChI=1S/C17H19N3O4/c1-17(16(22)23)9-10-20(11-17)14(21)8-7-13-18-19-15(24-13)12-5-3-2-4-6-12/h2-6H,7-11H2,1H3,(H,22,23). The second-order valence-corrected chi connectivity index (χ2v) is 6.30. The van der Waals surface area contributed by atoms with Crippen LogP contribution in [0.15, 0.2) is 34.7 Å². The minimum atomic E-state index is -0.859. The van der Waals surface area contributed by atoms with Crippen molar-refractivity contribution in [1.82, 2.24) is 15.1 Å². The second kappa shape index (κ2) is 6.43. The van der Waals surface area contributed by atoms with Crippen molar-refractivity contribution < 1.29 is 19.1 Å². The number of nitrogens with zero attached hydrogens (tertiary/aromatic N) is 3. The smallest absolute Gasteiger partial charge is 0.311 e. The number of hydrogen-bond donors (Lipinski definition) is 1. The van der Waals surface area contributed by atoms with E-state index in [1.165, 1.54) is 0 Å². The summed E-state index contributed by atoms with van der Waals surface area (Å²) in [6.45, 7) is 2.40. The Bertz CT molecular complexity index is 743. The van der Waals surface area contributed by atoms with Crippen molar-refractivity contribution in [2.24, 2.45) is 5.41 Å². The zero-order valence-electron chi connectivity index (χ0n) is 13.4. The second-order valence-electron chi connectivity index (χ2n) is 6.30. The first-order valence-corrected chi connectivity index (χ1v) is 7.87. The predicted molar refractivity (Wildman–Crippen MR) is 85.0 cm³/mol. The summed E-state index contributed by atoms with van der Waals surface area (Å²) in [5.74, 6) is -0.110. The summed E-state index contributed by atoms with van der Waals surface area (Å²) in [4.78, 5) is 25.1. The van der Waals surface area contributed by atoms with E-state index in [1.54, 1.807) is 11.8 Å². The predicted octanol–water partition coefficient (Wildman–Crippen LogP) is 1.99. The molecule has 126 valence electrons. The van der Waals surface area contributed by atoms with Gasteiger partial charge in [-0.15, -0.1) is 10.2 Å². The molecule has 2 heterocycles. The number of carboxylic acids is 1. The fourth-order valence-corrected chi connectivity index (χ4v) is 2.77. The minimum absolute atomic E-state index is 0.0839. The number of rotatable bonds is 5. The fourth-order valence-electron chi connectivity index (χ4n) is 2.77. The third-order valence-electron chi connectivity index (χ3n) is 4.38. The van der Waals surface area contributed by atoms with Gasteiger partial charge in [0.15, 0.2) is 0 Å². The van der Waals surface area contributed by atoms with Crippen molar-refractivity contribution >= 4 is 11.9 Å². The molecule has 1 aliphatic rings. The first kappa shape index (κ1) is 16.2. The molecule has 24 heavy (non-hydrogen) atoms. The van der Waals surface area contributed by atoms with Crippen molar-refractivity contribution in [3.8, 4) is 11.5 Å². The highest BCUT2D eigenvalue weighted by Crippen LogP contribution is 2.30. The molecule has 1 fully saturated rings. The van der Waals surface area contributed by atoms with E-state index in [0.717, 1.165) is 5.56 Å². The summed E-state index contributed by atoms with van der Waals surface area (Å²) in [5, 5.41) is 17.2. The first-order chi connectivity index (χ1) is 11.5. The summed E-state index contributed by atoms with van der Waals surface area (Å²) >= 11 is 0. The number of carbonyl (C=O) groups excluding carboxylic acids is 1. The van der Waals surface area contributed by atoms with Crippen molar-refractivity contribution in [1.29, 1.82) is 0 Å². The Hall–Kier alpha value is -2.70. The number of carboxylic acid groups (broad SMARTS) is 1. The number of carbonyl (C=O) groups is 2. The molecule has 2 aromatic rings. The van der Waals surface area contributed by atoms with Gasteiger partial charge in [-0.1, -0.05) is 18.2 Å². The maximum Gasteiger partial charge on any atom is 0.311 e. The van der Waals surface area contributed by atoms with E-state index in [2.05, 4.69) is 10.2 Å². The molecular weight excluding hydrogens is 310 g/mol. The molecular formula is C17H19N3O4. The van der Waals surface area contributed by atoms with E-state index in [9.17, 15) is 14.7 Å². The molecule has 7 heteroatoms. The van der Waals surface area contributed by atoms with Crippen LogP contribution in [0.1, 0.15) is 25.7 Å². The largest absolute Gasteiger partial charge is 0.481 e. The number of aromatic nitrogens is 2. The average molecular weight is 329 g/mol. The number of benzene rings is 1. The maximum atomic E-state index is 12.2. The number of amides is 1. The van der Waals surface area contributed by atoms with Crippen LogP contribution in [0.2, 0.25) is 0 Å². The fraction of sp³-hybridized carbons (Fsp3) is 0.412. The highest BCUT2D eigenvalue weighted by Gasteiger charge is 2.41. The normalized spacial score (nSPS) is 20.3. The van der Waals surface area contributed by atoms with Crippen molar-refractivity contribution in [3.63, 3.8) is 0 Å². The van der Waals surface area contributed by atoms with Crippen molar-refractivity contribution in [2.45, 2.75) is 26.2 Å². The van der Waals surface area contributed by atoms with E-state index in [1.807, 2.05) is 30.3 Å². The van der Waals surface area contributed by atoms with Crippen LogP contribution >= 0.6 is 0 Å². The molecule has 7 nitrogen and oxygen atoms in total. The Kier molecular flexibility index (Phi) is 4.33. The van der Waals surface area contributed by atoms with Gasteiger partial charge in [-0.05, 0) is 25.5 Å². The van der Waals surface area contributed by atoms with Gasteiger partial charge < -0.3 is 14.4 Å². The Morgan fingerprint density at radius 1 is 1.29 bits per heavy atom. The third kappa shape index (κ3) is 3.29. The Morgan fingerprint density at radius 3 is 2.71 bits per heavy atom. The van der Waals surface area contributed by atoms with Crippen LogP contribution in [-0.4, -0.2) is 45.2 Å². The first-order valence-electron chi connectivity index (χ1n) is 7.87. The average Bonchev–Trinajstić information content (AvgIpc) is 3.21. The van der Waals surface area contributed by atoms with E-state index < -0.39 is 11.4 Å². The van der Waals surface area contributed by atoms with Gasteiger partial charge in [-0.2, -0.15) is 0 Å². The summed E-state index contributed by atoms with van der Waals surface area (Å²) in [7, 11) is 0. The Morgan fingerprint density at radius 2 is 2.04 bits per heavy atom. The summed E-state index contributed by atoms with van der Waals surface area (Å²) in [6.07, 6.45) is 1.05. The SMILES string of the molecule is CC1(C(=O)O)CCN(C(=O)CCc2nnc(-c3ccccc3)o2)C1. The monoisotopic (exact) mass is 329 g/mol. The van der Waals surface area contributed by atoms with Crippen LogP contribution in [0.5, 0.6) is 0 Å². The molecule has 0 aliphatic carbocycles. The molecule has 3 rings (SSSR count). The number of aliphatic carboxylic acids is 1. The highest BCUT2D eigenvalue weighted by molar-refractivity contribution is 5.80. The van der Waals surface area contributed by atoms with Crippen molar-refractivity contribution in [2.75, 3.05) is 13.1 Å². The van der Waals surface area contributed by atoms with Crippen LogP contribution in [0.4, 0.5) is 0 Å². The number of likely N-dealkylation sites (tertiary alicyclic amines) is 1. The van der Waals surface area contributed by atoms with Crippen LogP contribution in [0.3, 0.4) is 0 Å². The van der Waals surface area contributed by atoms with Crippen LogP contribution in [0, 0.1) is 5.41 Å². The summed E-state index contributed by atoms with van der Waals surface area (Å²) in [6, 6.07) is 9.42. The molecule has 1 unspecified atom stereocenters. The molecule has 0 saturated carbocycles. The van der Waals surface area contributed by atoms with Crippen LogP contribution in [0.25, 0.3) is 11.5 Å². The molecule has 1 aromatic carbocycles. The molecule has 1 saturated heterocycles. The lowest BCUT2D eigenvalue weighted by molar-refractivity contribution is -0.147. The van der Waals surface area contributed by atoms with Crippen LogP contribution < -0.4 is 0 Å². The molecule has 1 aliphatic heterocycles. The Labute approximate surface area is 139 Å². The van der Waals surface area contributed by atoms with Gasteiger partial charge in [0.25, 0.3) is 0 Å². The van der Waals surface area contributed by atoms with Gasteiger partial charge >= 0.3 is 5.97 Å². The zero-order valence-corrected chi connectivity index (χ0v) is 13.4. The van der Waals surface area contributed by atoms with Gasteiger partial charge in [-0.3, -0.25) is 9.59 Å². The van der Waals surface area contributed by atoms with Gasteiger partial charge in [-0.25, -0.2) is 0 Å². The molecule has 0 radical (unpaired) electrons. The molecule has 1 amide bonds. The third-order valence-corrected chi connectivity index (χ3v) is 4.38. The highest BCUT2D eigenvalue weighted by atomic mass is 16.4. The quantitative estimate of drug-likeness (QED) is 0.901. The summed E-state index contributed by atoms with van der Waals surface area (Å²) < 4.78 is 5.57. The number of aryl methyl sites for hydroxylation is 1. The van der Waals surface area contributed by atoms with Gasteiger partial charge in [0.2, 0.25) is 17.7 Å². The van der Waals surface area contributed by atoms with Crippen LogP contribution in [-0.2, 0) is 16.0 Å². The van der Waals surface area contributed by atoms with E-state index >= 15 is 0 Å². The van der Waals surface area contributed by atoms with Crippen molar-refractivity contribution in [3.05, 3.63) is 36.2 Å². The van der Waals surface area contributed by atoms with E-state index in [0.29, 0.717) is 31.2 Å². The van der Waals surface area contributed by atoms with Gasteiger partial charge in [0, 0.05) is 31.5 Å². The zero-order chi connectivity index (χ0) is 17.2. The Balaban J connectivity index is 1.56. The lowest BCUT2D eigenvalue weighted by Crippen LogP contribution is -2.34. The molecule has 1 N–H and O–H groups in total. The van der Waals surface area contributed by atoms with E-state index in [4.69, 9.17) is 4.42 Å². The van der Waals surface area contributed by atoms with Gasteiger partial charge in [0.05, 0.1) is 5.41 Å². The summed E-state index contributed by atoms with van der Waals surface area (Å²) in [5.41, 5.74) is -0.0139. The minimum Gasteiger partial charge on any atom is -0.481 e. The molecule has 0 bridgehead atoms. The van der Waals surface area contributed by atoms with E-state index in [-0.39, 0.29) is 18.9 Å². The maximum absolute atomic E-state index is 12.2.